The van der Waals surface area contributed by atoms with Crippen LogP contribution in [0.15, 0.2) is 36.4 Å². The van der Waals surface area contributed by atoms with Crippen LogP contribution in [0.25, 0.3) is 0 Å². The Morgan fingerprint density at radius 3 is 2.48 bits per heavy atom. The van der Waals surface area contributed by atoms with Crippen LogP contribution in [0.3, 0.4) is 0 Å². The quantitative estimate of drug-likeness (QED) is 0.669. The highest BCUT2D eigenvalue weighted by molar-refractivity contribution is 6.37. The highest BCUT2D eigenvalue weighted by Gasteiger charge is 2.14. The number of benzene rings is 2. The number of nitrogens with zero attached hydrogens (tertiary/aromatic N) is 1. The molecule has 0 radical (unpaired) electrons. The Hall–Kier alpha value is -2.11. The van der Waals surface area contributed by atoms with Crippen LogP contribution in [0.2, 0.25) is 10.0 Å². The maximum Gasteiger partial charge on any atom is 0.269 e. The van der Waals surface area contributed by atoms with Crippen molar-refractivity contribution in [3.63, 3.8) is 0 Å². The maximum absolute atomic E-state index is 12.1. The molecule has 5 nitrogen and oxygen atoms in total. The van der Waals surface area contributed by atoms with Crippen LogP contribution in [0.5, 0.6) is 0 Å². The number of anilines is 1. The summed E-state index contributed by atoms with van der Waals surface area (Å²) < 4.78 is 0. The summed E-state index contributed by atoms with van der Waals surface area (Å²) in [6.45, 7) is 1.67. The number of amides is 1. The average molecular weight is 325 g/mol. The molecule has 0 fully saturated rings. The number of rotatable bonds is 3. The molecule has 2 aromatic carbocycles. The van der Waals surface area contributed by atoms with Gasteiger partial charge in [0.2, 0.25) is 0 Å². The number of non-ortho nitro benzene ring substituents is 1. The molecule has 0 saturated heterocycles. The largest absolute Gasteiger partial charge is 0.322 e. The first-order chi connectivity index (χ1) is 9.88. The second-order valence-corrected chi connectivity index (χ2v) is 5.18. The third-order valence-electron chi connectivity index (χ3n) is 2.84. The molecule has 108 valence electrons. The van der Waals surface area contributed by atoms with Gasteiger partial charge in [-0.25, -0.2) is 0 Å². The van der Waals surface area contributed by atoms with Crippen molar-refractivity contribution in [2.24, 2.45) is 0 Å². The van der Waals surface area contributed by atoms with E-state index in [9.17, 15) is 14.9 Å². The second kappa shape index (κ2) is 6.11. The van der Waals surface area contributed by atoms with E-state index in [0.29, 0.717) is 16.3 Å². The van der Waals surface area contributed by atoms with Crippen LogP contribution >= 0.6 is 23.2 Å². The third kappa shape index (κ3) is 3.51. The minimum Gasteiger partial charge on any atom is -0.322 e. The lowest BCUT2D eigenvalue weighted by Gasteiger charge is -2.09. The fourth-order valence-corrected chi connectivity index (χ4v) is 2.26. The van der Waals surface area contributed by atoms with Crippen molar-refractivity contribution >= 4 is 40.5 Å². The molecule has 2 rings (SSSR count). The Labute approximate surface area is 130 Å². The Kier molecular flexibility index (Phi) is 4.45. The predicted octanol–water partition coefficient (Wildman–Crippen LogP) is 4.46. The van der Waals surface area contributed by atoms with Gasteiger partial charge in [-0.05, 0) is 36.8 Å². The molecule has 0 atom stereocenters. The minimum atomic E-state index is -0.491. The predicted molar refractivity (Wildman–Crippen MR) is 82.2 cm³/mol. The SMILES string of the molecule is Cc1cc([N+](=O)[O-])ccc1NC(=O)c1ccc(Cl)cc1Cl. The van der Waals surface area contributed by atoms with Gasteiger partial charge in [0, 0.05) is 22.8 Å². The van der Waals surface area contributed by atoms with Gasteiger partial charge in [0.15, 0.2) is 0 Å². The number of hydrogen-bond donors (Lipinski definition) is 1. The smallest absolute Gasteiger partial charge is 0.269 e. The molecule has 2 aromatic rings. The molecule has 1 amide bonds. The first-order valence-electron chi connectivity index (χ1n) is 5.90. The molecule has 0 unspecified atom stereocenters. The van der Waals surface area contributed by atoms with Gasteiger partial charge in [0.05, 0.1) is 15.5 Å². The molecule has 1 N–H and O–H groups in total. The standard InChI is InChI=1S/C14H10Cl2N2O3/c1-8-6-10(18(20)21)3-5-13(8)17-14(19)11-4-2-9(15)7-12(11)16/h2-7H,1H3,(H,17,19). The first kappa shape index (κ1) is 15.3. The van der Waals surface area contributed by atoms with E-state index in [1.165, 1.54) is 30.3 Å². The summed E-state index contributed by atoms with van der Waals surface area (Å²) in [7, 11) is 0. The maximum atomic E-state index is 12.1. The number of nitro groups is 1. The van der Waals surface area contributed by atoms with E-state index in [4.69, 9.17) is 23.2 Å². The number of carbonyl (C=O) groups excluding carboxylic acids is 1. The van der Waals surface area contributed by atoms with Crippen LogP contribution in [-0.4, -0.2) is 10.8 Å². The van der Waals surface area contributed by atoms with Crippen LogP contribution < -0.4 is 5.32 Å². The van der Waals surface area contributed by atoms with Gasteiger partial charge < -0.3 is 5.32 Å². The molecule has 0 saturated carbocycles. The first-order valence-corrected chi connectivity index (χ1v) is 6.65. The van der Waals surface area contributed by atoms with Crippen LogP contribution in [0.4, 0.5) is 11.4 Å². The van der Waals surface area contributed by atoms with Crippen molar-refractivity contribution in [1.82, 2.24) is 0 Å². The Morgan fingerprint density at radius 2 is 1.90 bits per heavy atom. The molecule has 0 aliphatic rings. The number of nitrogens with one attached hydrogen (secondary N) is 1. The van der Waals surface area contributed by atoms with Crippen LogP contribution in [0, 0.1) is 17.0 Å². The van der Waals surface area contributed by atoms with E-state index in [0.717, 1.165) is 0 Å². The number of nitro benzene ring substituents is 1. The van der Waals surface area contributed by atoms with Crippen LogP contribution in [-0.2, 0) is 0 Å². The van der Waals surface area contributed by atoms with E-state index >= 15 is 0 Å². The lowest BCUT2D eigenvalue weighted by molar-refractivity contribution is -0.384. The van der Waals surface area contributed by atoms with E-state index in [1.54, 1.807) is 13.0 Å². The lowest BCUT2D eigenvalue weighted by Crippen LogP contribution is -2.13. The summed E-state index contributed by atoms with van der Waals surface area (Å²) in [6.07, 6.45) is 0. The Morgan fingerprint density at radius 1 is 1.19 bits per heavy atom. The van der Waals surface area contributed by atoms with Crippen molar-refractivity contribution < 1.29 is 9.72 Å². The van der Waals surface area contributed by atoms with Crippen molar-refractivity contribution in [3.05, 3.63) is 67.7 Å². The number of hydrogen-bond acceptors (Lipinski definition) is 3. The number of halogens is 2. The van der Waals surface area contributed by atoms with Gasteiger partial charge >= 0.3 is 0 Å². The Balaban J connectivity index is 2.25. The minimum absolute atomic E-state index is 0.0324. The fraction of sp³-hybridized carbons (Fsp3) is 0.0714. The monoisotopic (exact) mass is 324 g/mol. The van der Waals surface area contributed by atoms with E-state index in [-0.39, 0.29) is 16.3 Å². The molecule has 0 spiro atoms. The van der Waals surface area contributed by atoms with Gasteiger partial charge in [-0.2, -0.15) is 0 Å². The average Bonchev–Trinajstić information content (AvgIpc) is 2.40. The highest BCUT2D eigenvalue weighted by atomic mass is 35.5. The second-order valence-electron chi connectivity index (χ2n) is 4.33. The van der Waals surface area contributed by atoms with Crippen molar-refractivity contribution in [3.8, 4) is 0 Å². The molecule has 0 bridgehead atoms. The molecule has 0 heterocycles. The zero-order valence-corrected chi connectivity index (χ0v) is 12.4. The normalized spacial score (nSPS) is 10.2. The van der Waals surface area contributed by atoms with Gasteiger partial charge in [-0.3, -0.25) is 14.9 Å². The topological polar surface area (TPSA) is 72.2 Å². The van der Waals surface area contributed by atoms with E-state index in [1.807, 2.05) is 0 Å². The molecule has 0 aliphatic heterocycles. The fourth-order valence-electron chi connectivity index (χ4n) is 1.76. The summed E-state index contributed by atoms with van der Waals surface area (Å²) >= 11 is 11.7. The van der Waals surface area contributed by atoms with Gasteiger partial charge in [0.25, 0.3) is 11.6 Å². The zero-order chi connectivity index (χ0) is 15.6. The summed E-state index contributed by atoms with van der Waals surface area (Å²) in [6, 6.07) is 8.74. The summed E-state index contributed by atoms with van der Waals surface area (Å²) in [5, 5.41) is 14.0. The van der Waals surface area contributed by atoms with Gasteiger partial charge in [-0.15, -0.1) is 0 Å². The molecule has 21 heavy (non-hydrogen) atoms. The molecular formula is C14H10Cl2N2O3. The number of aryl methyl sites for hydroxylation is 1. The summed E-state index contributed by atoms with van der Waals surface area (Å²) in [5.74, 6) is -0.409. The van der Waals surface area contributed by atoms with Crippen molar-refractivity contribution in [1.29, 1.82) is 0 Å². The van der Waals surface area contributed by atoms with Crippen molar-refractivity contribution in [2.45, 2.75) is 6.92 Å². The molecule has 0 aliphatic carbocycles. The van der Waals surface area contributed by atoms with E-state index < -0.39 is 10.8 Å². The van der Waals surface area contributed by atoms with Gasteiger partial charge in [-0.1, -0.05) is 23.2 Å². The Bertz CT molecular complexity index is 732. The lowest BCUT2D eigenvalue weighted by atomic mass is 10.1. The molecule has 0 aromatic heterocycles. The third-order valence-corrected chi connectivity index (χ3v) is 3.39. The number of carbonyl (C=O) groups is 1. The van der Waals surface area contributed by atoms with Crippen molar-refractivity contribution in [2.75, 3.05) is 5.32 Å². The molecular weight excluding hydrogens is 315 g/mol. The highest BCUT2D eigenvalue weighted by Crippen LogP contribution is 2.24. The summed E-state index contributed by atoms with van der Waals surface area (Å²) in [5.41, 5.74) is 1.31. The van der Waals surface area contributed by atoms with E-state index in [2.05, 4.69) is 5.32 Å². The van der Waals surface area contributed by atoms with Crippen LogP contribution in [0.1, 0.15) is 15.9 Å². The summed E-state index contributed by atoms with van der Waals surface area (Å²) in [4.78, 5) is 22.3. The molecule has 7 heteroatoms. The van der Waals surface area contributed by atoms with Gasteiger partial charge in [0.1, 0.15) is 0 Å². The zero-order valence-electron chi connectivity index (χ0n) is 10.9.